The van der Waals surface area contributed by atoms with Crippen LogP contribution in [0.5, 0.6) is 0 Å². The summed E-state index contributed by atoms with van der Waals surface area (Å²) in [7, 11) is 0. The summed E-state index contributed by atoms with van der Waals surface area (Å²) in [5.74, 6) is -1.17. The third kappa shape index (κ3) is 5.49. The van der Waals surface area contributed by atoms with E-state index in [1.165, 1.54) is 34.4 Å². The van der Waals surface area contributed by atoms with Gasteiger partial charge in [0.2, 0.25) is 0 Å². The molecule has 138 valence electrons. The Kier molecular flexibility index (Phi) is 6.74. The van der Waals surface area contributed by atoms with E-state index in [-0.39, 0.29) is 0 Å². The van der Waals surface area contributed by atoms with Gasteiger partial charge in [0.1, 0.15) is 0 Å². The van der Waals surface area contributed by atoms with Crippen molar-refractivity contribution in [1.29, 1.82) is 0 Å². The largest absolute Gasteiger partial charge is 0.452 e. The minimum Gasteiger partial charge on any atom is -0.452 e. The molecule has 0 aliphatic rings. The zero-order chi connectivity index (χ0) is 19.1. The van der Waals surface area contributed by atoms with Gasteiger partial charge in [-0.25, -0.2) is 9.78 Å². The van der Waals surface area contributed by atoms with Crippen molar-refractivity contribution < 1.29 is 19.1 Å². The maximum Gasteiger partial charge on any atom is 0.339 e. The van der Waals surface area contributed by atoms with Gasteiger partial charge in [-0.2, -0.15) is 0 Å². The van der Waals surface area contributed by atoms with Crippen LogP contribution in [-0.4, -0.2) is 29.4 Å². The first kappa shape index (κ1) is 19.3. The molecule has 0 spiro atoms. The zero-order valence-electron chi connectivity index (χ0n) is 13.9. The molecule has 2 amide bonds. The number of benzene rings is 1. The van der Waals surface area contributed by atoms with Gasteiger partial charge in [0.05, 0.1) is 21.6 Å². The fourth-order valence-corrected chi connectivity index (χ4v) is 4.29. The van der Waals surface area contributed by atoms with E-state index in [1.54, 1.807) is 35.2 Å². The molecule has 9 heteroatoms. The van der Waals surface area contributed by atoms with E-state index < -0.39 is 24.4 Å². The summed E-state index contributed by atoms with van der Waals surface area (Å²) < 4.78 is 5.06. The number of thiophene rings is 1. The van der Waals surface area contributed by atoms with Crippen molar-refractivity contribution in [2.24, 2.45) is 0 Å². The molecular weight excluding hydrogens is 404 g/mol. The van der Waals surface area contributed by atoms with Crippen molar-refractivity contribution in [1.82, 2.24) is 10.3 Å². The molecule has 0 radical (unpaired) electrons. The molecule has 0 bridgehead atoms. The highest BCUT2D eigenvalue weighted by Gasteiger charge is 2.16. The van der Waals surface area contributed by atoms with Crippen molar-refractivity contribution in [2.45, 2.75) is 10.6 Å². The lowest BCUT2D eigenvalue weighted by Crippen LogP contribution is -2.33. The molecule has 0 aliphatic carbocycles. The molecule has 2 aromatic heterocycles. The molecule has 27 heavy (non-hydrogen) atoms. The predicted octanol–water partition coefficient (Wildman–Crippen LogP) is 3.61. The summed E-state index contributed by atoms with van der Waals surface area (Å²) in [6.45, 7) is -0.527. The van der Waals surface area contributed by atoms with Crippen LogP contribution in [0.1, 0.15) is 25.7 Å². The Balaban J connectivity index is 1.54. The van der Waals surface area contributed by atoms with Gasteiger partial charge < -0.3 is 4.74 Å². The van der Waals surface area contributed by atoms with Gasteiger partial charge in [0, 0.05) is 16.0 Å². The van der Waals surface area contributed by atoms with Crippen LogP contribution in [0.4, 0.5) is 0 Å². The van der Waals surface area contributed by atoms with E-state index in [2.05, 4.69) is 10.3 Å². The highest BCUT2D eigenvalue weighted by molar-refractivity contribution is 7.98. The average Bonchev–Trinajstić information content (AvgIpc) is 3.38. The number of rotatable bonds is 7. The van der Waals surface area contributed by atoms with Gasteiger partial charge >= 0.3 is 5.97 Å². The number of imide groups is 1. The Hall–Kier alpha value is -2.49. The number of esters is 1. The third-order valence-electron chi connectivity index (χ3n) is 3.30. The van der Waals surface area contributed by atoms with Gasteiger partial charge in [-0.3, -0.25) is 14.9 Å². The number of thioether (sulfide) groups is 1. The lowest BCUT2D eigenvalue weighted by atomic mass is 10.2. The van der Waals surface area contributed by atoms with E-state index in [1.807, 2.05) is 17.5 Å². The van der Waals surface area contributed by atoms with E-state index in [0.717, 1.165) is 10.6 Å². The van der Waals surface area contributed by atoms with Crippen LogP contribution in [0.15, 0.2) is 57.6 Å². The highest BCUT2D eigenvalue weighted by Crippen LogP contribution is 2.26. The van der Waals surface area contributed by atoms with Crippen molar-refractivity contribution >= 4 is 52.2 Å². The summed E-state index contributed by atoms with van der Waals surface area (Å²) in [6, 6.07) is 10.3. The fourth-order valence-electron chi connectivity index (χ4n) is 2.06. The van der Waals surface area contributed by atoms with E-state index in [0.29, 0.717) is 16.2 Å². The van der Waals surface area contributed by atoms with Crippen LogP contribution in [0.3, 0.4) is 0 Å². The maximum absolute atomic E-state index is 12.3. The first-order valence-electron chi connectivity index (χ1n) is 7.77. The molecule has 6 nitrogen and oxygen atoms in total. The number of hydrogen-bond donors (Lipinski definition) is 1. The molecular formula is C18H14N2O4S3. The molecule has 0 aliphatic heterocycles. The monoisotopic (exact) mass is 418 g/mol. The first-order chi connectivity index (χ1) is 13.1. The van der Waals surface area contributed by atoms with E-state index in [4.69, 9.17) is 4.74 Å². The molecule has 0 atom stereocenters. The third-order valence-corrected chi connectivity index (χ3v) is 5.91. The second-order valence-electron chi connectivity index (χ2n) is 5.20. The number of ether oxygens (including phenoxy) is 1. The van der Waals surface area contributed by atoms with Crippen LogP contribution < -0.4 is 5.32 Å². The molecule has 0 saturated heterocycles. The molecule has 0 unspecified atom stereocenters. The minimum absolute atomic E-state index is 0.370. The Morgan fingerprint density at radius 3 is 2.74 bits per heavy atom. The van der Waals surface area contributed by atoms with Crippen LogP contribution in [0.25, 0.3) is 0 Å². The summed E-state index contributed by atoms with van der Waals surface area (Å²) >= 11 is 4.20. The number of nitrogens with zero attached hydrogens (tertiary/aromatic N) is 1. The van der Waals surface area contributed by atoms with Gasteiger partial charge in [-0.05, 0) is 23.6 Å². The lowest BCUT2D eigenvalue weighted by molar-refractivity contribution is -0.123. The molecule has 1 N–H and O–H groups in total. The number of amides is 2. The zero-order valence-corrected chi connectivity index (χ0v) is 16.4. The predicted molar refractivity (Wildman–Crippen MR) is 105 cm³/mol. The normalized spacial score (nSPS) is 10.4. The van der Waals surface area contributed by atoms with E-state index in [9.17, 15) is 14.4 Å². The van der Waals surface area contributed by atoms with Crippen LogP contribution in [-0.2, 0) is 15.3 Å². The first-order valence-corrected chi connectivity index (χ1v) is 10.6. The van der Waals surface area contributed by atoms with Crippen molar-refractivity contribution in [3.05, 3.63) is 68.8 Å². The van der Waals surface area contributed by atoms with Crippen molar-refractivity contribution in [3.8, 4) is 0 Å². The second-order valence-corrected chi connectivity index (χ2v) is 7.88. The van der Waals surface area contributed by atoms with Crippen molar-refractivity contribution in [3.63, 3.8) is 0 Å². The highest BCUT2D eigenvalue weighted by atomic mass is 32.2. The summed E-state index contributed by atoms with van der Waals surface area (Å²) in [6.07, 6.45) is 0. The van der Waals surface area contributed by atoms with Crippen LogP contribution in [0, 0.1) is 0 Å². The Labute approximate surface area is 167 Å². The Morgan fingerprint density at radius 1 is 1.15 bits per heavy atom. The van der Waals surface area contributed by atoms with Gasteiger partial charge in [-0.1, -0.05) is 18.2 Å². The van der Waals surface area contributed by atoms with Crippen LogP contribution in [0.2, 0.25) is 0 Å². The quantitative estimate of drug-likeness (QED) is 0.466. The number of aromatic nitrogens is 1. The minimum atomic E-state index is -0.672. The summed E-state index contributed by atoms with van der Waals surface area (Å²) in [5, 5.41) is 5.87. The van der Waals surface area contributed by atoms with Crippen LogP contribution >= 0.6 is 34.4 Å². The standard InChI is InChI=1S/C18H14N2O4S3/c21-16(20-17(22)15-6-3-7-26-15)8-24-18(23)13-4-1-2-5-14(13)27-10-12-9-25-11-19-12/h1-7,9,11H,8,10H2,(H,20,21,22). The Bertz CT molecular complexity index is 924. The molecule has 0 saturated carbocycles. The SMILES string of the molecule is O=C(COC(=O)c1ccccc1SCc1cscn1)NC(=O)c1cccs1. The van der Waals surface area contributed by atoms with Gasteiger partial charge in [0.15, 0.2) is 6.61 Å². The van der Waals surface area contributed by atoms with E-state index >= 15 is 0 Å². The van der Waals surface area contributed by atoms with Crippen molar-refractivity contribution in [2.75, 3.05) is 6.61 Å². The number of thiazole rings is 1. The number of nitrogens with one attached hydrogen (secondary N) is 1. The average molecular weight is 419 g/mol. The number of carbonyl (C=O) groups is 3. The van der Waals surface area contributed by atoms with Gasteiger partial charge in [-0.15, -0.1) is 34.4 Å². The molecule has 3 aromatic rings. The second kappa shape index (κ2) is 9.45. The lowest BCUT2D eigenvalue weighted by Gasteiger charge is -2.09. The molecule has 2 heterocycles. The fraction of sp³-hybridized carbons (Fsp3) is 0.111. The smallest absolute Gasteiger partial charge is 0.339 e. The summed E-state index contributed by atoms with van der Waals surface area (Å²) in [4.78, 5) is 41.3. The molecule has 0 fully saturated rings. The number of carbonyl (C=O) groups excluding carboxylic acids is 3. The number of hydrogen-bond acceptors (Lipinski definition) is 8. The summed E-state index contributed by atoms with van der Waals surface area (Å²) in [5.41, 5.74) is 3.06. The maximum atomic E-state index is 12.3. The molecule has 1 aromatic carbocycles. The topological polar surface area (TPSA) is 85.4 Å². The van der Waals surface area contributed by atoms with Gasteiger partial charge in [0.25, 0.3) is 11.8 Å². The molecule has 3 rings (SSSR count). The Morgan fingerprint density at radius 2 is 2.00 bits per heavy atom.